The molecule has 0 saturated carbocycles. The Balaban J connectivity index is 3.94. The van der Waals surface area contributed by atoms with Crippen LogP contribution < -0.4 is 0 Å². The molecule has 0 radical (unpaired) electrons. The topological polar surface area (TPSA) is 79.2 Å². The number of hydrogen-bond acceptors (Lipinski definition) is 5. The van der Waals surface area contributed by atoms with Crippen molar-refractivity contribution >= 4 is 8.60 Å². The molecule has 1 unspecified atom stereocenters. The van der Waals surface area contributed by atoms with E-state index in [9.17, 15) is 5.11 Å². The third-order valence-electron chi connectivity index (χ3n) is 1.10. The minimum Gasteiger partial charge on any atom is -0.343 e. The van der Waals surface area contributed by atoms with Crippen LogP contribution in [-0.4, -0.2) is 27.5 Å². The van der Waals surface area contributed by atoms with Gasteiger partial charge in [0.25, 0.3) is 5.97 Å². The first-order valence-electron chi connectivity index (χ1n) is 3.38. The molecule has 0 aromatic carbocycles. The largest absolute Gasteiger partial charge is 0.343 e. The highest BCUT2D eigenvalue weighted by molar-refractivity contribution is 7.39. The molecule has 0 amide bonds. The fourth-order valence-electron chi connectivity index (χ4n) is 0.510. The summed E-state index contributed by atoms with van der Waals surface area (Å²) in [6.45, 7) is 5.03. The first kappa shape index (κ1) is 12.0. The second-order valence-electron chi connectivity index (χ2n) is 2.01. The Morgan fingerprint density at radius 2 is 2.17 bits per heavy atom. The zero-order valence-corrected chi connectivity index (χ0v) is 7.70. The van der Waals surface area contributed by atoms with Crippen molar-refractivity contribution in [3.63, 3.8) is 0 Å². The normalized spacial score (nSPS) is 16.1. The van der Waals surface area contributed by atoms with Crippen LogP contribution in [0.3, 0.4) is 0 Å². The lowest BCUT2D eigenvalue weighted by Gasteiger charge is -2.25. The Kier molecular flexibility index (Phi) is 5.57. The van der Waals surface area contributed by atoms with Gasteiger partial charge in [-0.1, -0.05) is 13.0 Å². The van der Waals surface area contributed by atoms with Crippen molar-refractivity contribution in [2.24, 2.45) is 0 Å². The average molecular weight is 196 g/mol. The fourth-order valence-corrected chi connectivity index (χ4v) is 0.947. The van der Waals surface area contributed by atoms with Crippen molar-refractivity contribution in [3.8, 4) is 0 Å². The van der Waals surface area contributed by atoms with E-state index in [0.717, 1.165) is 0 Å². The van der Waals surface area contributed by atoms with Crippen LogP contribution in [-0.2, 0) is 9.26 Å². The van der Waals surface area contributed by atoms with Gasteiger partial charge in [-0.15, -0.1) is 6.58 Å². The van der Waals surface area contributed by atoms with Gasteiger partial charge in [-0.3, -0.25) is 4.52 Å². The van der Waals surface area contributed by atoms with Crippen molar-refractivity contribution in [2.45, 2.75) is 19.3 Å². The zero-order chi connectivity index (χ0) is 9.61. The number of rotatable bonds is 6. The summed E-state index contributed by atoms with van der Waals surface area (Å²) in [7, 11) is -2.62. The lowest BCUT2D eigenvalue weighted by Crippen LogP contribution is -2.33. The molecule has 0 rings (SSSR count). The molecule has 0 bridgehead atoms. The van der Waals surface area contributed by atoms with Crippen molar-refractivity contribution in [1.29, 1.82) is 0 Å². The number of aliphatic hydroxyl groups is 1. The van der Waals surface area contributed by atoms with Gasteiger partial charge >= 0.3 is 8.60 Å². The van der Waals surface area contributed by atoms with Gasteiger partial charge in [0.15, 0.2) is 0 Å². The first-order chi connectivity index (χ1) is 5.54. The van der Waals surface area contributed by atoms with E-state index >= 15 is 0 Å². The van der Waals surface area contributed by atoms with Crippen molar-refractivity contribution in [3.05, 3.63) is 12.7 Å². The monoisotopic (exact) mass is 196 g/mol. The molecule has 5 nitrogen and oxygen atoms in total. The molecule has 0 fully saturated rings. The van der Waals surface area contributed by atoms with E-state index in [2.05, 4.69) is 11.1 Å². The molecule has 0 aliphatic carbocycles. The number of ether oxygens (including phenoxy) is 1. The minimum absolute atomic E-state index is 0.0769. The van der Waals surface area contributed by atoms with Gasteiger partial charge in [0.1, 0.15) is 0 Å². The van der Waals surface area contributed by atoms with E-state index in [0.29, 0.717) is 0 Å². The summed E-state index contributed by atoms with van der Waals surface area (Å²) in [6, 6.07) is 0. The van der Waals surface area contributed by atoms with Crippen molar-refractivity contribution in [1.82, 2.24) is 0 Å². The Labute approximate surface area is 72.2 Å². The Morgan fingerprint density at radius 1 is 1.58 bits per heavy atom. The molecule has 6 heteroatoms. The molecular weight excluding hydrogens is 183 g/mol. The second-order valence-corrected chi connectivity index (χ2v) is 2.70. The summed E-state index contributed by atoms with van der Waals surface area (Å²) in [5, 5.41) is 9.33. The molecule has 0 aliphatic heterocycles. The molecule has 12 heavy (non-hydrogen) atoms. The van der Waals surface area contributed by atoms with Crippen LogP contribution in [0.4, 0.5) is 0 Å². The average Bonchev–Trinajstić information content (AvgIpc) is 2.00. The lowest BCUT2D eigenvalue weighted by molar-refractivity contribution is -0.318. The van der Waals surface area contributed by atoms with Crippen LogP contribution in [0.1, 0.15) is 13.3 Å². The summed E-state index contributed by atoms with van der Waals surface area (Å²) in [4.78, 5) is 16.9. The van der Waals surface area contributed by atoms with Crippen LogP contribution in [0.25, 0.3) is 0 Å². The highest BCUT2D eigenvalue weighted by atomic mass is 31.2. The molecule has 0 spiro atoms. The van der Waals surface area contributed by atoms with Crippen LogP contribution >= 0.6 is 8.60 Å². The van der Waals surface area contributed by atoms with Crippen LogP contribution in [0.5, 0.6) is 0 Å². The molecule has 1 atom stereocenters. The highest BCUT2D eigenvalue weighted by Crippen LogP contribution is 2.33. The van der Waals surface area contributed by atoms with Crippen LogP contribution in [0, 0.1) is 0 Å². The van der Waals surface area contributed by atoms with Crippen LogP contribution in [0.15, 0.2) is 12.7 Å². The summed E-state index contributed by atoms with van der Waals surface area (Å²) < 4.78 is 9.10. The van der Waals surface area contributed by atoms with Gasteiger partial charge in [0.05, 0.1) is 6.61 Å². The zero-order valence-electron chi connectivity index (χ0n) is 6.80. The standard InChI is InChI=1S/C6H13O5P/c1-3-5-10-6(7,4-2)11-12(8)9/h3,7-9H,1,4-5H2,2H3. The number of hydrogen-bond donors (Lipinski definition) is 3. The third kappa shape index (κ3) is 4.77. The maximum atomic E-state index is 9.33. The van der Waals surface area contributed by atoms with E-state index in [1.165, 1.54) is 6.08 Å². The van der Waals surface area contributed by atoms with E-state index in [-0.39, 0.29) is 13.0 Å². The summed E-state index contributed by atoms with van der Waals surface area (Å²) in [5.74, 6) is -1.93. The molecular formula is C6H13O5P. The minimum atomic E-state index is -2.62. The maximum absolute atomic E-state index is 9.33. The summed E-state index contributed by atoms with van der Waals surface area (Å²) in [5.41, 5.74) is 0. The van der Waals surface area contributed by atoms with Crippen molar-refractivity contribution < 1.29 is 24.2 Å². The van der Waals surface area contributed by atoms with Gasteiger partial charge in [-0.2, -0.15) is 0 Å². The highest BCUT2D eigenvalue weighted by Gasteiger charge is 2.29. The quantitative estimate of drug-likeness (QED) is 0.327. The predicted octanol–water partition coefficient (Wildman–Crippen LogP) is 0.473. The first-order valence-corrected chi connectivity index (χ1v) is 4.55. The summed E-state index contributed by atoms with van der Waals surface area (Å²) in [6.07, 6.45) is 1.52. The molecule has 0 aliphatic rings. The molecule has 72 valence electrons. The van der Waals surface area contributed by atoms with Crippen molar-refractivity contribution in [2.75, 3.05) is 6.61 Å². The molecule has 0 heterocycles. The van der Waals surface area contributed by atoms with Gasteiger partial charge in [0, 0.05) is 6.42 Å². The van der Waals surface area contributed by atoms with Gasteiger partial charge in [-0.25, -0.2) is 0 Å². The Hall–Kier alpha value is -0.0300. The maximum Gasteiger partial charge on any atom is 0.331 e. The SMILES string of the molecule is C=CCOC(O)(CC)OP(O)O. The van der Waals surface area contributed by atoms with Gasteiger partial charge < -0.3 is 19.6 Å². The molecule has 0 aromatic rings. The van der Waals surface area contributed by atoms with E-state index in [1.54, 1.807) is 6.92 Å². The lowest BCUT2D eigenvalue weighted by atomic mass is 10.4. The Morgan fingerprint density at radius 3 is 2.50 bits per heavy atom. The smallest absolute Gasteiger partial charge is 0.331 e. The second kappa shape index (κ2) is 5.59. The molecule has 0 aromatic heterocycles. The van der Waals surface area contributed by atoms with E-state index < -0.39 is 14.6 Å². The molecule has 3 N–H and O–H groups in total. The van der Waals surface area contributed by atoms with Crippen LogP contribution in [0.2, 0.25) is 0 Å². The summed E-state index contributed by atoms with van der Waals surface area (Å²) >= 11 is 0. The van der Waals surface area contributed by atoms with E-state index in [1.807, 2.05) is 0 Å². The van der Waals surface area contributed by atoms with Gasteiger partial charge in [-0.05, 0) is 0 Å². The molecule has 0 saturated heterocycles. The Bertz CT molecular complexity index is 140. The third-order valence-corrected chi connectivity index (χ3v) is 1.55. The fraction of sp³-hybridized carbons (Fsp3) is 0.667. The predicted molar refractivity (Wildman–Crippen MR) is 43.8 cm³/mol. The van der Waals surface area contributed by atoms with Gasteiger partial charge in [0.2, 0.25) is 0 Å². The van der Waals surface area contributed by atoms with E-state index in [4.69, 9.17) is 14.5 Å².